The molecule has 0 aliphatic carbocycles. The van der Waals surface area contributed by atoms with Gasteiger partial charge in [-0.2, -0.15) is 0 Å². The average Bonchev–Trinajstić information content (AvgIpc) is 2.30. The Morgan fingerprint density at radius 3 is 2.59 bits per heavy atom. The van der Waals surface area contributed by atoms with Crippen LogP contribution in [0.15, 0.2) is 6.07 Å². The standard InChI is InChI=1S/C11H15F2N3O/c1-17-11-8(14)6-7(12)10(9(11)13)16-4-2-15-3-5-16/h6,15H,2-5,14H2,1H3. The molecule has 0 aromatic heterocycles. The molecule has 1 heterocycles. The minimum Gasteiger partial charge on any atom is -0.492 e. The van der Waals surface area contributed by atoms with Crippen LogP contribution < -0.4 is 20.7 Å². The molecule has 2 rings (SSSR count). The highest BCUT2D eigenvalue weighted by molar-refractivity contribution is 5.64. The minimum atomic E-state index is -0.730. The van der Waals surface area contributed by atoms with Crippen LogP contribution in [0.2, 0.25) is 0 Å². The first-order chi connectivity index (χ1) is 8.15. The van der Waals surface area contributed by atoms with Gasteiger partial charge in [0.2, 0.25) is 0 Å². The average molecular weight is 243 g/mol. The molecule has 0 amide bonds. The van der Waals surface area contributed by atoms with Crippen LogP contribution in [0.25, 0.3) is 0 Å². The summed E-state index contributed by atoms with van der Waals surface area (Å²) in [7, 11) is 1.31. The van der Waals surface area contributed by atoms with Crippen molar-refractivity contribution in [1.82, 2.24) is 5.32 Å². The zero-order chi connectivity index (χ0) is 12.4. The third kappa shape index (κ3) is 2.12. The van der Waals surface area contributed by atoms with Crippen LogP contribution in [-0.2, 0) is 0 Å². The van der Waals surface area contributed by atoms with Gasteiger partial charge in [0.15, 0.2) is 17.4 Å². The predicted molar refractivity (Wildman–Crippen MR) is 62.4 cm³/mol. The summed E-state index contributed by atoms with van der Waals surface area (Å²) in [6, 6.07) is 1.10. The fourth-order valence-corrected chi connectivity index (χ4v) is 2.00. The van der Waals surface area contributed by atoms with Crippen molar-refractivity contribution >= 4 is 11.4 Å². The second kappa shape index (κ2) is 4.75. The van der Waals surface area contributed by atoms with Crippen molar-refractivity contribution < 1.29 is 13.5 Å². The molecule has 1 saturated heterocycles. The van der Waals surface area contributed by atoms with Gasteiger partial charge in [-0.15, -0.1) is 0 Å². The molecule has 0 radical (unpaired) electrons. The highest BCUT2D eigenvalue weighted by atomic mass is 19.1. The van der Waals surface area contributed by atoms with E-state index in [0.29, 0.717) is 26.2 Å². The fourth-order valence-electron chi connectivity index (χ4n) is 2.00. The van der Waals surface area contributed by atoms with Crippen LogP contribution in [0.1, 0.15) is 0 Å². The molecule has 1 aromatic carbocycles. The lowest BCUT2D eigenvalue weighted by molar-refractivity contribution is 0.385. The second-order valence-corrected chi connectivity index (χ2v) is 3.88. The van der Waals surface area contributed by atoms with Gasteiger partial charge < -0.3 is 20.7 Å². The number of methoxy groups -OCH3 is 1. The molecule has 0 spiro atoms. The van der Waals surface area contributed by atoms with E-state index in [1.165, 1.54) is 7.11 Å². The highest BCUT2D eigenvalue weighted by Gasteiger charge is 2.23. The molecule has 1 fully saturated rings. The predicted octanol–water partition coefficient (Wildman–Crippen LogP) is 0.965. The molecule has 0 unspecified atom stereocenters. The maximum Gasteiger partial charge on any atom is 0.193 e. The number of hydrogen-bond acceptors (Lipinski definition) is 4. The van der Waals surface area contributed by atoms with Gasteiger partial charge in [-0.05, 0) is 0 Å². The van der Waals surface area contributed by atoms with Crippen molar-refractivity contribution in [3.63, 3.8) is 0 Å². The van der Waals surface area contributed by atoms with E-state index in [2.05, 4.69) is 5.32 Å². The zero-order valence-corrected chi connectivity index (χ0v) is 9.59. The summed E-state index contributed by atoms with van der Waals surface area (Å²) in [5.41, 5.74) is 5.41. The minimum absolute atomic E-state index is 0.0265. The van der Waals surface area contributed by atoms with Gasteiger partial charge in [0.05, 0.1) is 12.8 Å². The van der Waals surface area contributed by atoms with Gasteiger partial charge in [-0.1, -0.05) is 0 Å². The number of anilines is 2. The van der Waals surface area contributed by atoms with Crippen molar-refractivity contribution in [2.45, 2.75) is 0 Å². The van der Waals surface area contributed by atoms with Gasteiger partial charge in [-0.3, -0.25) is 0 Å². The lowest BCUT2D eigenvalue weighted by atomic mass is 10.2. The fraction of sp³-hybridized carbons (Fsp3) is 0.455. The van der Waals surface area contributed by atoms with Gasteiger partial charge in [0.25, 0.3) is 0 Å². The third-order valence-corrected chi connectivity index (χ3v) is 2.82. The van der Waals surface area contributed by atoms with Gasteiger partial charge in [-0.25, -0.2) is 8.78 Å². The number of ether oxygens (including phenoxy) is 1. The molecule has 1 aromatic rings. The molecule has 0 bridgehead atoms. The Bertz CT molecular complexity index is 420. The second-order valence-electron chi connectivity index (χ2n) is 3.88. The van der Waals surface area contributed by atoms with Crippen molar-refractivity contribution in [1.29, 1.82) is 0 Å². The Morgan fingerprint density at radius 2 is 2.00 bits per heavy atom. The van der Waals surface area contributed by atoms with E-state index < -0.39 is 11.6 Å². The van der Waals surface area contributed by atoms with E-state index in [1.807, 2.05) is 0 Å². The SMILES string of the molecule is COc1c(N)cc(F)c(N2CCNCC2)c1F. The Labute approximate surface area is 98.3 Å². The van der Waals surface area contributed by atoms with E-state index in [1.54, 1.807) is 4.90 Å². The number of nitrogens with zero attached hydrogens (tertiary/aromatic N) is 1. The van der Waals surface area contributed by atoms with Crippen molar-refractivity contribution in [3.05, 3.63) is 17.7 Å². The molecule has 94 valence electrons. The monoisotopic (exact) mass is 243 g/mol. The van der Waals surface area contributed by atoms with Crippen molar-refractivity contribution in [2.75, 3.05) is 43.9 Å². The van der Waals surface area contributed by atoms with Crippen LogP contribution in [0.3, 0.4) is 0 Å². The maximum absolute atomic E-state index is 14.1. The Kier molecular flexibility index (Phi) is 3.33. The molecular formula is C11H15F2N3O. The molecule has 1 aliphatic rings. The number of benzene rings is 1. The number of nitrogen functional groups attached to an aromatic ring is 1. The maximum atomic E-state index is 14.1. The topological polar surface area (TPSA) is 50.5 Å². The molecule has 1 aliphatic heterocycles. The van der Waals surface area contributed by atoms with Gasteiger partial charge in [0.1, 0.15) is 5.69 Å². The number of halogens is 2. The summed E-state index contributed by atoms with van der Waals surface area (Å²) >= 11 is 0. The summed E-state index contributed by atoms with van der Waals surface area (Å²) in [6.07, 6.45) is 0. The Morgan fingerprint density at radius 1 is 1.35 bits per heavy atom. The number of rotatable bonds is 2. The normalized spacial score (nSPS) is 16.1. The highest BCUT2D eigenvalue weighted by Crippen LogP contribution is 2.35. The summed E-state index contributed by atoms with van der Waals surface area (Å²) in [5.74, 6) is -1.48. The lowest BCUT2D eigenvalue weighted by Gasteiger charge is -2.30. The summed E-state index contributed by atoms with van der Waals surface area (Å²) in [5, 5.41) is 3.12. The van der Waals surface area contributed by atoms with Crippen molar-refractivity contribution in [2.24, 2.45) is 0 Å². The Hall–Kier alpha value is -1.56. The molecule has 3 N–H and O–H groups in total. The molecule has 6 heteroatoms. The number of hydrogen-bond donors (Lipinski definition) is 2. The first kappa shape index (κ1) is 11.9. The van der Waals surface area contributed by atoms with Gasteiger partial charge >= 0.3 is 0 Å². The molecule has 4 nitrogen and oxygen atoms in total. The van der Waals surface area contributed by atoms with Crippen LogP contribution in [0, 0.1) is 11.6 Å². The number of piperazine rings is 1. The van der Waals surface area contributed by atoms with Crippen molar-refractivity contribution in [3.8, 4) is 5.75 Å². The van der Waals surface area contributed by atoms with E-state index in [9.17, 15) is 8.78 Å². The molecule has 0 saturated carbocycles. The van der Waals surface area contributed by atoms with E-state index in [-0.39, 0.29) is 17.1 Å². The Balaban J connectivity index is 2.44. The van der Waals surface area contributed by atoms with E-state index >= 15 is 0 Å². The number of nitrogens with two attached hydrogens (primary N) is 1. The number of nitrogens with one attached hydrogen (secondary N) is 1. The van der Waals surface area contributed by atoms with Crippen LogP contribution in [0.5, 0.6) is 5.75 Å². The first-order valence-corrected chi connectivity index (χ1v) is 5.42. The largest absolute Gasteiger partial charge is 0.492 e. The summed E-state index contributed by atoms with van der Waals surface area (Å²) < 4.78 is 32.7. The van der Waals surface area contributed by atoms with Crippen LogP contribution >= 0.6 is 0 Å². The van der Waals surface area contributed by atoms with E-state index in [0.717, 1.165) is 6.07 Å². The molecule has 0 atom stereocenters. The van der Waals surface area contributed by atoms with Crippen LogP contribution in [-0.4, -0.2) is 33.3 Å². The summed E-state index contributed by atoms with van der Waals surface area (Å²) in [6.45, 7) is 2.51. The first-order valence-electron chi connectivity index (χ1n) is 5.42. The smallest absolute Gasteiger partial charge is 0.193 e. The van der Waals surface area contributed by atoms with E-state index in [4.69, 9.17) is 10.5 Å². The molecular weight excluding hydrogens is 228 g/mol. The third-order valence-electron chi connectivity index (χ3n) is 2.82. The molecule has 17 heavy (non-hydrogen) atoms. The zero-order valence-electron chi connectivity index (χ0n) is 9.59. The quantitative estimate of drug-likeness (QED) is 0.760. The van der Waals surface area contributed by atoms with Gasteiger partial charge in [0, 0.05) is 32.2 Å². The van der Waals surface area contributed by atoms with Crippen LogP contribution in [0.4, 0.5) is 20.2 Å². The lowest BCUT2D eigenvalue weighted by Crippen LogP contribution is -2.44. The summed E-state index contributed by atoms with van der Waals surface area (Å²) in [4.78, 5) is 1.66.